The molecule has 0 aliphatic carbocycles. The Hall–Kier alpha value is -3.07. The molecule has 1 aromatic carbocycles. The van der Waals surface area contributed by atoms with Gasteiger partial charge < -0.3 is 10.1 Å². The summed E-state index contributed by atoms with van der Waals surface area (Å²) >= 11 is 1.26. The van der Waals surface area contributed by atoms with E-state index in [1.165, 1.54) is 29.3 Å². The van der Waals surface area contributed by atoms with Crippen LogP contribution < -0.4 is 10.9 Å². The van der Waals surface area contributed by atoms with Crippen molar-refractivity contribution in [1.29, 1.82) is 0 Å². The van der Waals surface area contributed by atoms with Crippen molar-refractivity contribution in [3.8, 4) is 0 Å². The molecule has 9 heteroatoms. The largest absolute Gasteiger partial charge is 0.464 e. The predicted octanol–water partition coefficient (Wildman–Crippen LogP) is 2.87. The average molecular weight is 414 g/mol. The molecule has 1 amide bonds. The molecule has 2 aromatic heterocycles. The molecule has 0 saturated carbocycles. The van der Waals surface area contributed by atoms with E-state index in [4.69, 9.17) is 4.74 Å². The first kappa shape index (κ1) is 20.7. The fraction of sp³-hybridized carbons (Fsp3) is 0.350. The van der Waals surface area contributed by atoms with Crippen LogP contribution in [0, 0.1) is 5.92 Å². The number of aromatic nitrogens is 3. The molecule has 29 heavy (non-hydrogen) atoms. The van der Waals surface area contributed by atoms with Crippen LogP contribution in [0.1, 0.15) is 35.6 Å². The van der Waals surface area contributed by atoms with E-state index in [1.54, 1.807) is 18.2 Å². The van der Waals surface area contributed by atoms with Gasteiger partial charge in [-0.05, 0) is 24.5 Å². The number of carbonyl (C=O) groups is 2. The monoisotopic (exact) mass is 414 g/mol. The number of esters is 1. The molecule has 0 unspecified atom stereocenters. The topological polar surface area (TPSA) is 103 Å². The molecule has 0 aliphatic heterocycles. The molecule has 152 valence electrons. The van der Waals surface area contributed by atoms with Crippen LogP contribution in [-0.4, -0.2) is 33.5 Å². The SMILES string of the molecule is COC(=O)c1nc(NC(=O)CCn2cnc3ccccc3c2=O)sc1CC(C)C. The molecule has 8 nitrogen and oxygen atoms in total. The zero-order chi connectivity index (χ0) is 21.0. The number of carbonyl (C=O) groups excluding carboxylic acids is 2. The van der Waals surface area contributed by atoms with Crippen molar-refractivity contribution >= 4 is 39.2 Å². The Labute approximate surface area is 171 Å². The summed E-state index contributed by atoms with van der Waals surface area (Å²) in [4.78, 5) is 46.0. The zero-order valence-corrected chi connectivity index (χ0v) is 17.3. The molecule has 1 N–H and O–H groups in total. The number of nitrogens with zero attached hydrogens (tertiary/aromatic N) is 3. The highest BCUT2D eigenvalue weighted by Gasteiger charge is 2.20. The van der Waals surface area contributed by atoms with Crippen molar-refractivity contribution in [2.24, 2.45) is 5.92 Å². The quantitative estimate of drug-likeness (QED) is 0.596. The molecule has 3 aromatic rings. The second-order valence-corrected chi connectivity index (χ2v) is 8.02. The fourth-order valence-corrected chi connectivity index (χ4v) is 4.02. The molecule has 2 heterocycles. The van der Waals surface area contributed by atoms with Crippen LogP contribution in [0.25, 0.3) is 10.9 Å². The first-order chi connectivity index (χ1) is 13.9. The lowest BCUT2D eigenvalue weighted by Gasteiger charge is -2.06. The Bertz CT molecular complexity index is 1100. The van der Waals surface area contributed by atoms with Gasteiger partial charge in [0.25, 0.3) is 5.56 Å². The number of ether oxygens (including phenoxy) is 1. The third-order valence-electron chi connectivity index (χ3n) is 4.23. The predicted molar refractivity (Wildman–Crippen MR) is 111 cm³/mol. The first-order valence-electron chi connectivity index (χ1n) is 9.21. The second-order valence-electron chi connectivity index (χ2n) is 6.94. The molecular formula is C20H22N4O4S. The molecule has 0 radical (unpaired) electrons. The number of methoxy groups -OCH3 is 1. The fourth-order valence-electron chi connectivity index (χ4n) is 2.84. The molecule has 0 spiro atoms. The van der Waals surface area contributed by atoms with Gasteiger partial charge >= 0.3 is 5.97 Å². The van der Waals surface area contributed by atoms with Crippen LogP contribution in [0.5, 0.6) is 0 Å². The van der Waals surface area contributed by atoms with Crippen molar-refractivity contribution in [1.82, 2.24) is 14.5 Å². The molecule has 0 bridgehead atoms. The smallest absolute Gasteiger partial charge is 0.357 e. The van der Waals surface area contributed by atoms with E-state index in [-0.39, 0.29) is 30.1 Å². The van der Waals surface area contributed by atoms with Crippen molar-refractivity contribution in [2.45, 2.75) is 33.2 Å². The molecule has 3 rings (SSSR count). The van der Waals surface area contributed by atoms with E-state index in [1.807, 2.05) is 19.9 Å². The number of hydrogen-bond donors (Lipinski definition) is 1. The summed E-state index contributed by atoms with van der Waals surface area (Å²) in [7, 11) is 1.30. The van der Waals surface area contributed by atoms with Crippen LogP contribution in [0.3, 0.4) is 0 Å². The Kier molecular flexibility index (Phi) is 6.38. The molecule has 0 aliphatic rings. The van der Waals surface area contributed by atoms with Crippen LogP contribution >= 0.6 is 11.3 Å². The van der Waals surface area contributed by atoms with Gasteiger partial charge in [0, 0.05) is 17.8 Å². The van der Waals surface area contributed by atoms with Crippen LogP contribution in [0.2, 0.25) is 0 Å². The third kappa shape index (κ3) is 4.86. The number of nitrogens with one attached hydrogen (secondary N) is 1. The molecular weight excluding hydrogens is 392 g/mol. The number of fused-ring (bicyclic) bond motifs is 1. The minimum atomic E-state index is -0.522. The van der Waals surface area contributed by atoms with Gasteiger partial charge in [-0.15, -0.1) is 11.3 Å². The van der Waals surface area contributed by atoms with Gasteiger partial charge in [0.15, 0.2) is 10.8 Å². The maximum Gasteiger partial charge on any atom is 0.357 e. The van der Waals surface area contributed by atoms with Gasteiger partial charge in [0.1, 0.15) is 0 Å². The minimum absolute atomic E-state index is 0.0760. The summed E-state index contributed by atoms with van der Waals surface area (Å²) in [5.41, 5.74) is 0.662. The molecule has 0 fully saturated rings. The van der Waals surface area contributed by atoms with Crippen LogP contribution in [-0.2, 0) is 22.5 Å². The second kappa shape index (κ2) is 8.95. The standard InChI is InChI=1S/C20H22N4O4S/c1-12(2)10-15-17(19(27)28-3)23-20(29-15)22-16(25)8-9-24-11-21-14-7-5-4-6-13(14)18(24)26/h4-7,11-12H,8-10H2,1-3H3,(H,22,23,25). The van der Waals surface area contributed by atoms with E-state index >= 15 is 0 Å². The van der Waals surface area contributed by atoms with Crippen molar-refractivity contribution in [3.05, 3.63) is 51.5 Å². The number of amides is 1. The van der Waals surface area contributed by atoms with Crippen LogP contribution in [0.4, 0.5) is 5.13 Å². The van der Waals surface area contributed by atoms with E-state index in [2.05, 4.69) is 15.3 Å². The van der Waals surface area contributed by atoms with Crippen LogP contribution in [0.15, 0.2) is 35.4 Å². The number of anilines is 1. The Morgan fingerprint density at radius 3 is 2.76 bits per heavy atom. The normalized spacial score (nSPS) is 11.0. The number of benzene rings is 1. The van der Waals surface area contributed by atoms with Gasteiger partial charge in [-0.2, -0.15) is 0 Å². The minimum Gasteiger partial charge on any atom is -0.464 e. The number of thiazole rings is 1. The van der Waals surface area contributed by atoms with Crippen molar-refractivity contribution in [3.63, 3.8) is 0 Å². The number of rotatable bonds is 7. The number of para-hydroxylation sites is 1. The van der Waals surface area contributed by atoms with E-state index < -0.39 is 5.97 Å². The Morgan fingerprint density at radius 2 is 2.03 bits per heavy atom. The average Bonchev–Trinajstić information content (AvgIpc) is 3.08. The summed E-state index contributed by atoms with van der Waals surface area (Å²) in [5.74, 6) is -0.493. The summed E-state index contributed by atoms with van der Waals surface area (Å²) in [6.07, 6.45) is 2.18. The maximum absolute atomic E-state index is 12.5. The maximum atomic E-state index is 12.5. The van der Waals surface area contributed by atoms with E-state index in [0.29, 0.717) is 28.4 Å². The van der Waals surface area contributed by atoms with Gasteiger partial charge in [0.05, 0.1) is 24.3 Å². The Balaban J connectivity index is 1.70. The van der Waals surface area contributed by atoms with Gasteiger partial charge in [-0.25, -0.2) is 14.8 Å². The molecule has 0 atom stereocenters. The highest BCUT2D eigenvalue weighted by atomic mass is 32.1. The lowest BCUT2D eigenvalue weighted by Crippen LogP contribution is -2.23. The first-order valence-corrected chi connectivity index (χ1v) is 10.0. The highest BCUT2D eigenvalue weighted by Crippen LogP contribution is 2.26. The summed E-state index contributed by atoms with van der Waals surface area (Å²) < 4.78 is 6.19. The van der Waals surface area contributed by atoms with E-state index in [9.17, 15) is 14.4 Å². The number of hydrogen-bond acceptors (Lipinski definition) is 7. The van der Waals surface area contributed by atoms with Gasteiger partial charge in [-0.1, -0.05) is 26.0 Å². The van der Waals surface area contributed by atoms with Crippen molar-refractivity contribution in [2.75, 3.05) is 12.4 Å². The van der Waals surface area contributed by atoms with Gasteiger partial charge in [-0.3, -0.25) is 14.2 Å². The van der Waals surface area contributed by atoms with Crippen molar-refractivity contribution < 1.29 is 14.3 Å². The third-order valence-corrected chi connectivity index (χ3v) is 5.22. The summed E-state index contributed by atoms with van der Waals surface area (Å²) in [5, 5.41) is 3.56. The van der Waals surface area contributed by atoms with Gasteiger partial charge in [0.2, 0.25) is 5.91 Å². The van der Waals surface area contributed by atoms with E-state index in [0.717, 1.165) is 4.88 Å². The molecule has 0 saturated heterocycles. The Morgan fingerprint density at radius 1 is 1.28 bits per heavy atom. The number of aryl methyl sites for hydroxylation is 1. The lowest BCUT2D eigenvalue weighted by atomic mass is 10.1. The lowest BCUT2D eigenvalue weighted by molar-refractivity contribution is -0.116. The zero-order valence-electron chi connectivity index (χ0n) is 16.5. The highest BCUT2D eigenvalue weighted by molar-refractivity contribution is 7.16. The summed E-state index contributed by atoms with van der Waals surface area (Å²) in [6.45, 7) is 4.26. The summed E-state index contributed by atoms with van der Waals surface area (Å²) in [6, 6.07) is 7.07.